The zero-order valence-electron chi connectivity index (χ0n) is 8.52. The van der Waals surface area contributed by atoms with Crippen molar-refractivity contribution >= 4 is 17.7 Å². The molecule has 0 fully saturated rings. The lowest BCUT2D eigenvalue weighted by atomic mass is 10.4. The lowest BCUT2D eigenvalue weighted by Gasteiger charge is -2.17. The number of aliphatic hydroxyl groups is 1. The second-order valence-corrected chi connectivity index (χ2v) is 2.74. The fraction of sp³-hybridized carbons (Fsp3) is 0.625. The Morgan fingerprint density at radius 3 is 2.40 bits per heavy atom. The average Bonchev–Trinajstić information content (AvgIpc) is 2.21. The predicted octanol–water partition coefficient (Wildman–Crippen LogP) is -2.57. The largest absolute Gasteiger partial charge is 0.395 e. The molecular weight excluding hydrogens is 202 g/mol. The average molecular weight is 217 g/mol. The molecule has 3 amide bonds. The van der Waals surface area contributed by atoms with Gasteiger partial charge in [-0.15, -0.1) is 0 Å². The van der Waals surface area contributed by atoms with Crippen molar-refractivity contribution in [3.05, 3.63) is 0 Å². The van der Waals surface area contributed by atoms with Crippen LogP contribution in [0.5, 0.6) is 0 Å². The molecule has 0 aliphatic carbocycles. The number of amides is 3. The molecule has 0 aliphatic rings. The van der Waals surface area contributed by atoms with Crippen molar-refractivity contribution in [1.29, 1.82) is 0 Å². The summed E-state index contributed by atoms with van der Waals surface area (Å²) in [6, 6.07) is 0. The first kappa shape index (κ1) is 13.5. The third-order valence-electron chi connectivity index (χ3n) is 1.57. The first-order valence-electron chi connectivity index (χ1n) is 4.45. The molecule has 0 aliphatic heterocycles. The Morgan fingerprint density at radius 1 is 1.40 bits per heavy atom. The van der Waals surface area contributed by atoms with E-state index in [-0.39, 0.29) is 26.2 Å². The van der Waals surface area contributed by atoms with Gasteiger partial charge in [-0.2, -0.15) is 0 Å². The molecule has 7 nitrogen and oxygen atoms in total. The van der Waals surface area contributed by atoms with E-state index in [1.165, 1.54) is 6.92 Å². The third-order valence-corrected chi connectivity index (χ3v) is 1.57. The van der Waals surface area contributed by atoms with Crippen LogP contribution in [0, 0.1) is 0 Å². The van der Waals surface area contributed by atoms with E-state index in [0.717, 1.165) is 4.90 Å². The van der Waals surface area contributed by atoms with Gasteiger partial charge in [0.05, 0.1) is 6.61 Å². The van der Waals surface area contributed by atoms with Gasteiger partial charge in [-0.05, 0) is 0 Å². The van der Waals surface area contributed by atoms with Gasteiger partial charge >= 0.3 is 11.8 Å². The zero-order valence-corrected chi connectivity index (χ0v) is 8.52. The summed E-state index contributed by atoms with van der Waals surface area (Å²) in [5, 5.41) is 10.6. The molecule has 0 spiro atoms. The molecule has 0 saturated heterocycles. The van der Waals surface area contributed by atoms with Gasteiger partial charge in [0, 0.05) is 26.6 Å². The van der Waals surface area contributed by atoms with E-state index < -0.39 is 17.7 Å². The standard InChI is InChI=1S/C8H15N3O4/c1-6(13)11(4-2-9)8(15)7(14)10-3-5-12/h12H,2-5,9H2,1H3,(H,10,14). The number of nitrogens with zero attached hydrogens (tertiary/aromatic N) is 1. The van der Waals surface area contributed by atoms with Crippen molar-refractivity contribution < 1.29 is 19.5 Å². The van der Waals surface area contributed by atoms with Crippen LogP contribution >= 0.6 is 0 Å². The van der Waals surface area contributed by atoms with Gasteiger partial charge < -0.3 is 16.2 Å². The van der Waals surface area contributed by atoms with Crippen LogP contribution in [0.15, 0.2) is 0 Å². The fourth-order valence-corrected chi connectivity index (χ4v) is 0.899. The van der Waals surface area contributed by atoms with E-state index in [0.29, 0.717) is 0 Å². The number of rotatable bonds is 4. The van der Waals surface area contributed by atoms with Gasteiger partial charge in [-0.25, -0.2) is 0 Å². The topological polar surface area (TPSA) is 113 Å². The van der Waals surface area contributed by atoms with Gasteiger partial charge in [0.1, 0.15) is 0 Å². The van der Waals surface area contributed by atoms with E-state index in [4.69, 9.17) is 10.8 Å². The molecule has 0 radical (unpaired) electrons. The molecule has 0 aromatic heterocycles. The minimum atomic E-state index is -0.957. The lowest BCUT2D eigenvalue weighted by Crippen LogP contribution is -2.47. The second-order valence-electron chi connectivity index (χ2n) is 2.74. The van der Waals surface area contributed by atoms with Crippen LogP contribution in [0.4, 0.5) is 0 Å². The van der Waals surface area contributed by atoms with E-state index in [9.17, 15) is 14.4 Å². The minimum Gasteiger partial charge on any atom is -0.395 e. The van der Waals surface area contributed by atoms with Gasteiger partial charge in [0.2, 0.25) is 5.91 Å². The third kappa shape index (κ3) is 4.52. The zero-order chi connectivity index (χ0) is 11.8. The summed E-state index contributed by atoms with van der Waals surface area (Å²) in [4.78, 5) is 34.2. The monoisotopic (exact) mass is 217 g/mol. The maximum absolute atomic E-state index is 11.3. The van der Waals surface area contributed by atoms with Gasteiger partial charge in [-0.3, -0.25) is 19.3 Å². The van der Waals surface area contributed by atoms with E-state index in [2.05, 4.69) is 5.32 Å². The Labute approximate surface area is 87.2 Å². The Kier molecular flexibility index (Phi) is 6.23. The molecule has 4 N–H and O–H groups in total. The normalized spacial score (nSPS) is 9.53. The highest BCUT2D eigenvalue weighted by molar-refractivity contribution is 6.37. The highest BCUT2D eigenvalue weighted by Gasteiger charge is 2.23. The van der Waals surface area contributed by atoms with Gasteiger partial charge in [0.25, 0.3) is 0 Å². The molecule has 0 bridgehead atoms. The van der Waals surface area contributed by atoms with Crippen molar-refractivity contribution in [2.75, 3.05) is 26.2 Å². The van der Waals surface area contributed by atoms with Crippen molar-refractivity contribution in [2.24, 2.45) is 5.73 Å². The number of nitrogens with two attached hydrogens (primary N) is 1. The summed E-state index contributed by atoms with van der Waals surface area (Å²) >= 11 is 0. The summed E-state index contributed by atoms with van der Waals surface area (Å²) < 4.78 is 0. The van der Waals surface area contributed by atoms with E-state index in [1.54, 1.807) is 0 Å². The molecule has 0 aromatic carbocycles. The van der Waals surface area contributed by atoms with Crippen LogP contribution in [-0.4, -0.2) is 54.0 Å². The van der Waals surface area contributed by atoms with Crippen LogP contribution < -0.4 is 11.1 Å². The highest BCUT2D eigenvalue weighted by atomic mass is 16.3. The predicted molar refractivity (Wildman–Crippen MR) is 51.5 cm³/mol. The quantitative estimate of drug-likeness (QED) is 0.448. The number of hydrogen-bond donors (Lipinski definition) is 3. The molecular formula is C8H15N3O4. The Balaban J connectivity index is 4.36. The Bertz CT molecular complexity index is 254. The smallest absolute Gasteiger partial charge is 0.318 e. The summed E-state index contributed by atoms with van der Waals surface area (Å²) in [6.45, 7) is 0.973. The molecule has 0 atom stereocenters. The van der Waals surface area contributed by atoms with Crippen molar-refractivity contribution in [3.8, 4) is 0 Å². The number of carbonyl (C=O) groups excluding carboxylic acids is 3. The SMILES string of the molecule is CC(=O)N(CCN)C(=O)C(=O)NCCO. The summed E-state index contributed by atoms with van der Waals surface area (Å²) in [7, 11) is 0. The molecule has 86 valence electrons. The first-order chi connectivity index (χ1) is 7.04. The van der Waals surface area contributed by atoms with Crippen LogP contribution in [0.1, 0.15) is 6.92 Å². The van der Waals surface area contributed by atoms with Gasteiger partial charge in [0.15, 0.2) is 0 Å². The van der Waals surface area contributed by atoms with E-state index >= 15 is 0 Å². The van der Waals surface area contributed by atoms with Crippen LogP contribution in [0.2, 0.25) is 0 Å². The first-order valence-corrected chi connectivity index (χ1v) is 4.45. The summed E-state index contributed by atoms with van der Waals surface area (Å²) in [5.74, 6) is -2.42. The number of carbonyl (C=O) groups is 3. The summed E-state index contributed by atoms with van der Waals surface area (Å²) in [6.07, 6.45) is 0. The maximum Gasteiger partial charge on any atom is 0.318 e. The number of imide groups is 1. The van der Waals surface area contributed by atoms with Gasteiger partial charge in [-0.1, -0.05) is 0 Å². The Hall–Kier alpha value is -1.47. The maximum atomic E-state index is 11.3. The molecule has 15 heavy (non-hydrogen) atoms. The molecule has 0 unspecified atom stereocenters. The minimum absolute atomic E-state index is 0.000706. The lowest BCUT2D eigenvalue weighted by molar-refractivity contribution is -0.151. The van der Waals surface area contributed by atoms with E-state index in [1.807, 2.05) is 0 Å². The van der Waals surface area contributed by atoms with Crippen molar-refractivity contribution in [3.63, 3.8) is 0 Å². The molecule has 0 rings (SSSR count). The van der Waals surface area contributed by atoms with Crippen LogP contribution in [0.3, 0.4) is 0 Å². The van der Waals surface area contributed by atoms with Crippen molar-refractivity contribution in [1.82, 2.24) is 10.2 Å². The second kappa shape index (κ2) is 6.91. The molecule has 0 saturated carbocycles. The van der Waals surface area contributed by atoms with Crippen molar-refractivity contribution in [2.45, 2.75) is 6.92 Å². The molecule has 0 heterocycles. The number of aliphatic hydroxyl groups excluding tert-OH is 1. The number of nitrogens with one attached hydrogen (secondary N) is 1. The molecule has 0 aromatic rings. The number of hydrogen-bond acceptors (Lipinski definition) is 5. The summed E-state index contributed by atoms with van der Waals surface area (Å²) in [5.41, 5.74) is 5.19. The highest BCUT2D eigenvalue weighted by Crippen LogP contribution is 1.90. The Morgan fingerprint density at radius 2 is 2.00 bits per heavy atom. The van der Waals surface area contributed by atoms with Crippen LogP contribution in [-0.2, 0) is 14.4 Å². The van der Waals surface area contributed by atoms with Crippen LogP contribution in [0.25, 0.3) is 0 Å². The fourth-order valence-electron chi connectivity index (χ4n) is 0.899. The molecule has 7 heteroatoms.